The van der Waals surface area contributed by atoms with Crippen LogP contribution in [-0.2, 0) is 11.2 Å². The third kappa shape index (κ3) is 4.78. The lowest BCUT2D eigenvalue weighted by Gasteiger charge is -1.95. The van der Waals surface area contributed by atoms with Gasteiger partial charge in [-0.3, -0.25) is 4.79 Å². The van der Waals surface area contributed by atoms with Crippen molar-refractivity contribution in [2.24, 2.45) is 5.10 Å². The summed E-state index contributed by atoms with van der Waals surface area (Å²) in [5, 5.41) is 6.70. The summed E-state index contributed by atoms with van der Waals surface area (Å²) in [7, 11) is 0. The monoisotopic (exact) mass is 285 g/mol. The van der Waals surface area contributed by atoms with E-state index in [0.717, 1.165) is 16.3 Å². The Hall–Kier alpha value is -2.27. The minimum atomic E-state index is -0.167. The number of rotatable bonds is 5. The number of allylic oxidation sites excluding steroid dienone is 1. The zero-order chi connectivity index (χ0) is 14.2. The van der Waals surface area contributed by atoms with Gasteiger partial charge in [0.1, 0.15) is 0 Å². The molecule has 0 aliphatic heterocycles. The second-order valence-electron chi connectivity index (χ2n) is 4.12. The molecule has 0 saturated heterocycles. The molecule has 1 aromatic heterocycles. The number of aromatic nitrogens is 1. The average Bonchev–Trinajstić information content (AvgIpc) is 2.85. The van der Waals surface area contributed by atoms with E-state index >= 15 is 0 Å². The zero-order valence-electron chi connectivity index (χ0n) is 11.1. The van der Waals surface area contributed by atoms with Gasteiger partial charge in [0.05, 0.1) is 17.1 Å². The highest BCUT2D eigenvalue weighted by Gasteiger charge is 2.04. The van der Waals surface area contributed by atoms with Gasteiger partial charge in [-0.1, -0.05) is 36.4 Å². The normalized spacial score (nSPS) is 11.2. The minimum absolute atomic E-state index is 0.167. The first-order valence-corrected chi connectivity index (χ1v) is 7.06. The Balaban J connectivity index is 1.76. The van der Waals surface area contributed by atoms with Crippen LogP contribution in [0.4, 0.5) is 0 Å². The van der Waals surface area contributed by atoms with Crippen LogP contribution in [0.3, 0.4) is 0 Å². The maximum atomic E-state index is 11.6. The number of amides is 1. The molecule has 0 atom stereocenters. The number of thiazole rings is 1. The molecule has 2 aromatic rings. The lowest BCUT2D eigenvalue weighted by molar-refractivity contribution is -0.120. The number of aryl methyl sites for hydroxylation is 1. The van der Waals surface area contributed by atoms with Crippen molar-refractivity contribution in [1.29, 1.82) is 0 Å². The SMILES string of the molecule is Cc1nc(CC(=O)N/N=C\C=C\c2ccccc2)cs1. The molecule has 102 valence electrons. The van der Waals surface area contributed by atoms with E-state index in [9.17, 15) is 4.79 Å². The van der Waals surface area contributed by atoms with Crippen LogP contribution in [0.2, 0.25) is 0 Å². The molecule has 1 amide bonds. The summed E-state index contributed by atoms with van der Waals surface area (Å²) in [6.45, 7) is 1.92. The van der Waals surface area contributed by atoms with E-state index in [2.05, 4.69) is 15.5 Å². The van der Waals surface area contributed by atoms with Crippen molar-refractivity contribution in [3.63, 3.8) is 0 Å². The highest BCUT2D eigenvalue weighted by Crippen LogP contribution is 2.08. The molecule has 5 heteroatoms. The van der Waals surface area contributed by atoms with Crippen molar-refractivity contribution in [2.45, 2.75) is 13.3 Å². The minimum Gasteiger partial charge on any atom is -0.273 e. The van der Waals surface area contributed by atoms with Gasteiger partial charge in [0.25, 0.3) is 0 Å². The first-order valence-electron chi connectivity index (χ1n) is 6.18. The van der Waals surface area contributed by atoms with Gasteiger partial charge in [0, 0.05) is 11.6 Å². The smallest absolute Gasteiger partial charge is 0.246 e. The molecule has 0 aliphatic carbocycles. The molecule has 0 radical (unpaired) electrons. The van der Waals surface area contributed by atoms with Crippen molar-refractivity contribution in [3.05, 3.63) is 58.1 Å². The Morgan fingerprint density at radius 1 is 1.40 bits per heavy atom. The molecule has 1 heterocycles. The molecule has 0 fully saturated rings. The molecule has 0 spiro atoms. The number of nitrogens with zero attached hydrogens (tertiary/aromatic N) is 2. The van der Waals surface area contributed by atoms with E-state index in [1.807, 2.05) is 48.7 Å². The van der Waals surface area contributed by atoms with Gasteiger partial charge in [0.2, 0.25) is 5.91 Å². The summed E-state index contributed by atoms with van der Waals surface area (Å²) in [4.78, 5) is 15.8. The number of hydrogen-bond acceptors (Lipinski definition) is 4. The molecular formula is C15H15N3OS. The molecule has 2 rings (SSSR count). The fourth-order valence-corrected chi connectivity index (χ4v) is 2.18. The number of benzene rings is 1. The fourth-order valence-electron chi connectivity index (χ4n) is 1.56. The lowest BCUT2D eigenvalue weighted by Crippen LogP contribution is -2.19. The second-order valence-corrected chi connectivity index (χ2v) is 5.18. The summed E-state index contributed by atoms with van der Waals surface area (Å²) in [6, 6.07) is 9.88. The quantitative estimate of drug-likeness (QED) is 0.678. The van der Waals surface area contributed by atoms with Crippen LogP contribution in [0.5, 0.6) is 0 Å². The summed E-state index contributed by atoms with van der Waals surface area (Å²) in [5.41, 5.74) is 4.33. The van der Waals surface area contributed by atoms with Crippen LogP contribution in [0.1, 0.15) is 16.3 Å². The topological polar surface area (TPSA) is 54.4 Å². The molecule has 20 heavy (non-hydrogen) atoms. The van der Waals surface area contributed by atoms with Crippen molar-refractivity contribution >= 4 is 29.5 Å². The number of carbonyl (C=O) groups excluding carboxylic acids is 1. The van der Waals surface area contributed by atoms with Gasteiger partial charge in [-0.25, -0.2) is 10.4 Å². The third-order valence-electron chi connectivity index (χ3n) is 2.45. The zero-order valence-corrected chi connectivity index (χ0v) is 11.9. The maximum Gasteiger partial charge on any atom is 0.246 e. The summed E-state index contributed by atoms with van der Waals surface area (Å²) >= 11 is 1.54. The molecule has 1 N–H and O–H groups in total. The highest BCUT2D eigenvalue weighted by molar-refractivity contribution is 7.09. The molecular weight excluding hydrogens is 270 g/mol. The second kappa shape index (κ2) is 7.35. The van der Waals surface area contributed by atoms with E-state index in [1.165, 1.54) is 11.3 Å². The Morgan fingerprint density at radius 3 is 2.90 bits per heavy atom. The summed E-state index contributed by atoms with van der Waals surface area (Å²) in [5.74, 6) is -0.167. The van der Waals surface area contributed by atoms with Crippen molar-refractivity contribution < 1.29 is 4.79 Å². The van der Waals surface area contributed by atoms with Crippen molar-refractivity contribution in [1.82, 2.24) is 10.4 Å². The first-order chi connectivity index (χ1) is 9.74. The van der Waals surface area contributed by atoms with Crippen LogP contribution < -0.4 is 5.43 Å². The van der Waals surface area contributed by atoms with Gasteiger partial charge in [-0.05, 0) is 18.6 Å². The first kappa shape index (κ1) is 14.1. The summed E-state index contributed by atoms with van der Waals surface area (Å²) < 4.78 is 0. The van der Waals surface area contributed by atoms with Gasteiger partial charge in [-0.2, -0.15) is 5.10 Å². The standard InChI is InChI=1S/C15H15N3OS/c1-12-17-14(11-20-12)10-15(19)18-16-9-5-8-13-6-3-2-4-7-13/h2-9,11H,10H2,1H3,(H,18,19)/b8-5+,16-9-. The maximum absolute atomic E-state index is 11.6. The Labute approximate surface area is 121 Å². The van der Waals surface area contributed by atoms with Crippen LogP contribution in [0.25, 0.3) is 6.08 Å². The predicted octanol–water partition coefficient (Wildman–Crippen LogP) is 2.81. The van der Waals surface area contributed by atoms with Gasteiger partial charge in [-0.15, -0.1) is 11.3 Å². The van der Waals surface area contributed by atoms with Crippen LogP contribution in [0, 0.1) is 6.92 Å². The lowest BCUT2D eigenvalue weighted by atomic mass is 10.2. The molecule has 4 nitrogen and oxygen atoms in total. The molecule has 0 bridgehead atoms. The third-order valence-corrected chi connectivity index (χ3v) is 3.27. The van der Waals surface area contributed by atoms with Gasteiger partial charge in [0.15, 0.2) is 0 Å². The number of hydrogen-bond donors (Lipinski definition) is 1. The van der Waals surface area contributed by atoms with Gasteiger partial charge >= 0.3 is 0 Å². The van der Waals surface area contributed by atoms with E-state index in [1.54, 1.807) is 12.3 Å². The van der Waals surface area contributed by atoms with E-state index in [4.69, 9.17) is 0 Å². The van der Waals surface area contributed by atoms with Crippen LogP contribution in [0.15, 0.2) is 46.9 Å². The van der Waals surface area contributed by atoms with Crippen LogP contribution in [-0.4, -0.2) is 17.1 Å². The van der Waals surface area contributed by atoms with E-state index in [0.29, 0.717) is 0 Å². The fraction of sp³-hybridized carbons (Fsp3) is 0.133. The predicted molar refractivity (Wildman–Crippen MR) is 82.7 cm³/mol. The van der Waals surface area contributed by atoms with E-state index in [-0.39, 0.29) is 12.3 Å². The Kier molecular flexibility index (Phi) is 5.20. The number of carbonyl (C=O) groups is 1. The largest absolute Gasteiger partial charge is 0.273 e. The number of hydrazone groups is 1. The van der Waals surface area contributed by atoms with Gasteiger partial charge < -0.3 is 0 Å². The Morgan fingerprint density at radius 2 is 2.20 bits per heavy atom. The molecule has 0 saturated carbocycles. The van der Waals surface area contributed by atoms with Crippen LogP contribution >= 0.6 is 11.3 Å². The average molecular weight is 285 g/mol. The molecule has 0 unspecified atom stereocenters. The molecule has 0 aliphatic rings. The Bertz CT molecular complexity index is 617. The highest BCUT2D eigenvalue weighted by atomic mass is 32.1. The van der Waals surface area contributed by atoms with E-state index < -0.39 is 0 Å². The summed E-state index contributed by atoms with van der Waals surface area (Å²) in [6.07, 6.45) is 5.50. The van der Waals surface area contributed by atoms with Crippen molar-refractivity contribution in [2.75, 3.05) is 0 Å². The van der Waals surface area contributed by atoms with Crippen molar-refractivity contribution in [3.8, 4) is 0 Å². The number of nitrogens with one attached hydrogen (secondary N) is 1. The molecule has 1 aromatic carbocycles.